The number of furan rings is 1. The van der Waals surface area contributed by atoms with E-state index in [0.717, 1.165) is 32.6 Å². The first kappa shape index (κ1) is 19.8. The number of nitrogens with one attached hydrogen (secondary N) is 1. The molecule has 0 spiro atoms. The van der Waals surface area contributed by atoms with E-state index in [1.807, 2.05) is 26.0 Å². The fourth-order valence-electron chi connectivity index (χ4n) is 4.00. The SMILES string of the molecule is Cc1cc2occ(CC(=O)Nc3cccc(N4C(=O)c5ccccc5C4=O)c3)c2cc1C. The van der Waals surface area contributed by atoms with Gasteiger partial charge in [-0.05, 0) is 67.4 Å². The molecular weight excluding hydrogens is 404 g/mol. The average molecular weight is 424 g/mol. The van der Waals surface area contributed by atoms with Crippen molar-refractivity contribution in [3.05, 3.63) is 94.7 Å². The van der Waals surface area contributed by atoms with Gasteiger partial charge in [-0.25, -0.2) is 4.90 Å². The Morgan fingerprint density at radius 2 is 1.59 bits per heavy atom. The summed E-state index contributed by atoms with van der Waals surface area (Å²) in [5.74, 6) is -0.959. The van der Waals surface area contributed by atoms with E-state index in [9.17, 15) is 14.4 Å². The smallest absolute Gasteiger partial charge is 0.266 e. The van der Waals surface area contributed by atoms with Crippen molar-refractivity contribution >= 4 is 40.1 Å². The predicted octanol–water partition coefficient (Wildman–Crippen LogP) is 5.03. The molecular formula is C26H20N2O4. The Morgan fingerprint density at radius 1 is 0.906 bits per heavy atom. The van der Waals surface area contributed by atoms with Crippen LogP contribution in [0.1, 0.15) is 37.4 Å². The quantitative estimate of drug-likeness (QED) is 0.466. The van der Waals surface area contributed by atoms with E-state index in [4.69, 9.17) is 4.42 Å². The van der Waals surface area contributed by atoms with E-state index < -0.39 is 0 Å². The molecule has 5 rings (SSSR count). The van der Waals surface area contributed by atoms with Gasteiger partial charge < -0.3 is 9.73 Å². The molecule has 1 N–H and O–H groups in total. The molecule has 0 radical (unpaired) electrons. The number of carbonyl (C=O) groups excluding carboxylic acids is 3. The zero-order valence-corrected chi connectivity index (χ0v) is 17.6. The minimum absolute atomic E-state index is 0.146. The van der Waals surface area contributed by atoms with Crippen molar-refractivity contribution in [2.24, 2.45) is 0 Å². The minimum atomic E-state index is -0.371. The molecule has 1 aliphatic rings. The number of imide groups is 1. The van der Waals surface area contributed by atoms with Crippen molar-refractivity contribution in [2.75, 3.05) is 10.2 Å². The van der Waals surface area contributed by atoms with Crippen LogP contribution in [0.2, 0.25) is 0 Å². The number of amides is 3. The lowest BCUT2D eigenvalue weighted by Crippen LogP contribution is -2.29. The first-order chi connectivity index (χ1) is 15.4. The lowest BCUT2D eigenvalue weighted by atomic mass is 10.0. The van der Waals surface area contributed by atoms with Gasteiger partial charge in [-0.2, -0.15) is 0 Å². The number of anilines is 2. The molecule has 6 heteroatoms. The van der Waals surface area contributed by atoms with Gasteiger partial charge in [0.25, 0.3) is 11.8 Å². The van der Waals surface area contributed by atoms with Crippen LogP contribution in [-0.4, -0.2) is 17.7 Å². The highest BCUT2D eigenvalue weighted by molar-refractivity contribution is 6.34. The van der Waals surface area contributed by atoms with Gasteiger partial charge >= 0.3 is 0 Å². The van der Waals surface area contributed by atoms with Crippen LogP contribution in [0, 0.1) is 13.8 Å². The third-order valence-electron chi connectivity index (χ3n) is 5.80. The molecule has 3 aromatic carbocycles. The molecule has 0 aliphatic carbocycles. The highest BCUT2D eigenvalue weighted by atomic mass is 16.3. The number of benzene rings is 3. The Morgan fingerprint density at radius 3 is 2.31 bits per heavy atom. The molecule has 4 aromatic rings. The summed E-state index contributed by atoms with van der Waals surface area (Å²) in [4.78, 5) is 39.3. The Hall–Kier alpha value is -4.19. The lowest BCUT2D eigenvalue weighted by molar-refractivity contribution is -0.115. The summed E-state index contributed by atoms with van der Waals surface area (Å²) in [5, 5.41) is 3.78. The van der Waals surface area contributed by atoms with Crippen LogP contribution >= 0.6 is 0 Å². The second-order valence-electron chi connectivity index (χ2n) is 7.96. The van der Waals surface area contributed by atoms with Crippen LogP contribution in [0.3, 0.4) is 0 Å². The second-order valence-corrected chi connectivity index (χ2v) is 7.96. The van der Waals surface area contributed by atoms with E-state index in [1.165, 1.54) is 0 Å². The van der Waals surface area contributed by atoms with E-state index in [1.54, 1.807) is 54.8 Å². The monoisotopic (exact) mass is 424 g/mol. The molecule has 3 amide bonds. The highest BCUT2D eigenvalue weighted by Crippen LogP contribution is 2.30. The molecule has 0 saturated carbocycles. The number of hydrogen-bond acceptors (Lipinski definition) is 4. The summed E-state index contributed by atoms with van der Waals surface area (Å²) in [6.07, 6.45) is 1.76. The molecule has 1 aliphatic heterocycles. The number of hydrogen-bond donors (Lipinski definition) is 1. The van der Waals surface area contributed by atoms with Gasteiger partial charge in [-0.1, -0.05) is 18.2 Å². The topological polar surface area (TPSA) is 79.6 Å². The van der Waals surface area contributed by atoms with Crippen molar-refractivity contribution in [2.45, 2.75) is 20.3 Å². The summed E-state index contributed by atoms with van der Waals surface area (Å²) >= 11 is 0. The second kappa shape index (κ2) is 7.50. The van der Waals surface area contributed by atoms with Gasteiger partial charge in [-0.3, -0.25) is 14.4 Å². The largest absolute Gasteiger partial charge is 0.464 e. The van der Waals surface area contributed by atoms with Crippen LogP contribution in [-0.2, 0) is 11.2 Å². The average Bonchev–Trinajstić information content (AvgIpc) is 3.27. The third-order valence-corrected chi connectivity index (χ3v) is 5.80. The standard InChI is InChI=1S/C26H20N2O4/c1-15-10-22-17(14-32-23(22)11-16(15)2)12-24(29)27-18-6-5-7-19(13-18)28-25(30)20-8-3-4-9-21(20)26(28)31/h3-11,13-14H,12H2,1-2H3,(H,27,29). The van der Waals surface area contributed by atoms with Crippen LogP contribution in [0.5, 0.6) is 0 Å². The Bertz CT molecular complexity index is 1380. The van der Waals surface area contributed by atoms with Gasteiger partial charge in [-0.15, -0.1) is 0 Å². The van der Waals surface area contributed by atoms with Gasteiger partial charge in [0.2, 0.25) is 5.91 Å². The Kier molecular flexibility index (Phi) is 4.63. The first-order valence-electron chi connectivity index (χ1n) is 10.3. The molecule has 0 fully saturated rings. The maximum Gasteiger partial charge on any atom is 0.266 e. The molecule has 6 nitrogen and oxygen atoms in total. The van der Waals surface area contributed by atoms with Crippen LogP contribution < -0.4 is 10.2 Å². The Balaban J connectivity index is 1.36. The molecule has 2 heterocycles. The zero-order chi connectivity index (χ0) is 22.4. The molecule has 0 atom stereocenters. The van der Waals surface area contributed by atoms with Crippen molar-refractivity contribution in [3.8, 4) is 0 Å². The van der Waals surface area contributed by atoms with Crippen molar-refractivity contribution in [1.82, 2.24) is 0 Å². The number of rotatable bonds is 4. The molecule has 0 unspecified atom stereocenters. The number of nitrogens with zero attached hydrogens (tertiary/aromatic N) is 1. The Labute approximate surface area is 184 Å². The zero-order valence-electron chi connectivity index (χ0n) is 17.6. The molecule has 158 valence electrons. The van der Waals surface area contributed by atoms with Gasteiger partial charge in [0.15, 0.2) is 0 Å². The summed E-state index contributed by atoms with van der Waals surface area (Å²) in [5.41, 5.74) is 5.49. The number of aryl methyl sites for hydroxylation is 2. The highest BCUT2D eigenvalue weighted by Gasteiger charge is 2.36. The number of fused-ring (bicyclic) bond motifs is 2. The predicted molar refractivity (Wildman–Crippen MR) is 122 cm³/mol. The van der Waals surface area contributed by atoms with E-state index >= 15 is 0 Å². The van der Waals surface area contributed by atoms with Crippen molar-refractivity contribution < 1.29 is 18.8 Å². The normalized spacial score (nSPS) is 13.0. The van der Waals surface area contributed by atoms with Gasteiger partial charge in [0.05, 0.1) is 29.5 Å². The maximum absolute atomic E-state index is 12.7. The van der Waals surface area contributed by atoms with Crippen LogP contribution in [0.4, 0.5) is 11.4 Å². The molecule has 0 bridgehead atoms. The first-order valence-corrected chi connectivity index (χ1v) is 10.3. The van der Waals surface area contributed by atoms with E-state index in [0.29, 0.717) is 22.5 Å². The van der Waals surface area contributed by atoms with Gasteiger partial charge in [0, 0.05) is 16.6 Å². The lowest BCUT2D eigenvalue weighted by Gasteiger charge is -2.15. The van der Waals surface area contributed by atoms with Crippen LogP contribution in [0.25, 0.3) is 11.0 Å². The maximum atomic E-state index is 12.7. The van der Waals surface area contributed by atoms with Crippen LogP contribution in [0.15, 0.2) is 71.3 Å². The van der Waals surface area contributed by atoms with Crippen molar-refractivity contribution in [3.63, 3.8) is 0 Å². The summed E-state index contributed by atoms with van der Waals surface area (Å²) in [6, 6.07) is 17.5. The minimum Gasteiger partial charge on any atom is -0.464 e. The summed E-state index contributed by atoms with van der Waals surface area (Å²) in [6.45, 7) is 4.04. The van der Waals surface area contributed by atoms with Gasteiger partial charge in [0.1, 0.15) is 5.58 Å². The summed E-state index contributed by atoms with van der Waals surface area (Å²) in [7, 11) is 0. The van der Waals surface area contributed by atoms with E-state index in [-0.39, 0.29) is 24.1 Å². The number of carbonyl (C=O) groups is 3. The fourth-order valence-corrected chi connectivity index (χ4v) is 4.00. The fraction of sp³-hybridized carbons (Fsp3) is 0.115. The molecule has 1 aromatic heterocycles. The molecule has 32 heavy (non-hydrogen) atoms. The van der Waals surface area contributed by atoms with E-state index in [2.05, 4.69) is 5.32 Å². The molecule has 0 saturated heterocycles. The third kappa shape index (κ3) is 3.26. The van der Waals surface area contributed by atoms with Crippen molar-refractivity contribution in [1.29, 1.82) is 0 Å². The summed E-state index contributed by atoms with van der Waals surface area (Å²) < 4.78 is 5.62.